The van der Waals surface area contributed by atoms with Gasteiger partial charge in [-0.2, -0.15) is 13.2 Å². The third-order valence-corrected chi connectivity index (χ3v) is 2.71. The minimum Gasteiger partial charge on any atom is -0.492 e. The first-order valence-electron chi connectivity index (χ1n) is 6.43. The molecule has 0 fully saturated rings. The molecule has 6 heteroatoms. The number of halogens is 3. The van der Waals surface area contributed by atoms with E-state index in [2.05, 4.69) is 10.3 Å². The third kappa shape index (κ3) is 4.66. The van der Waals surface area contributed by atoms with Crippen LogP contribution in [0.1, 0.15) is 11.3 Å². The van der Waals surface area contributed by atoms with E-state index >= 15 is 0 Å². The van der Waals surface area contributed by atoms with Gasteiger partial charge in [0.15, 0.2) is 0 Å². The smallest absolute Gasteiger partial charge is 0.433 e. The van der Waals surface area contributed by atoms with E-state index in [9.17, 15) is 13.2 Å². The second kappa shape index (κ2) is 6.47. The monoisotopic (exact) mass is 296 g/mol. The molecule has 0 amide bonds. The Morgan fingerprint density at radius 2 is 1.90 bits per heavy atom. The van der Waals surface area contributed by atoms with E-state index in [1.807, 2.05) is 31.2 Å². The molecule has 112 valence electrons. The Morgan fingerprint density at radius 3 is 2.62 bits per heavy atom. The van der Waals surface area contributed by atoms with E-state index in [0.717, 1.165) is 17.4 Å². The van der Waals surface area contributed by atoms with Crippen LogP contribution >= 0.6 is 0 Å². The van der Waals surface area contributed by atoms with Crippen molar-refractivity contribution >= 4 is 5.82 Å². The Hall–Kier alpha value is -2.24. The van der Waals surface area contributed by atoms with Gasteiger partial charge in [-0.15, -0.1) is 0 Å². The summed E-state index contributed by atoms with van der Waals surface area (Å²) in [6, 6.07) is 11.3. The molecule has 1 aromatic heterocycles. The van der Waals surface area contributed by atoms with Gasteiger partial charge in [0.1, 0.15) is 23.9 Å². The summed E-state index contributed by atoms with van der Waals surface area (Å²) in [7, 11) is 0. The van der Waals surface area contributed by atoms with Crippen LogP contribution in [0, 0.1) is 6.92 Å². The number of aromatic nitrogens is 1. The van der Waals surface area contributed by atoms with Gasteiger partial charge in [0.25, 0.3) is 0 Å². The van der Waals surface area contributed by atoms with Crippen LogP contribution in [0.5, 0.6) is 5.75 Å². The number of rotatable bonds is 5. The number of pyridine rings is 1. The largest absolute Gasteiger partial charge is 0.492 e. The average molecular weight is 296 g/mol. The second-order valence-electron chi connectivity index (χ2n) is 4.50. The number of aryl methyl sites for hydroxylation is 1. The van der Waals surface area contributed by atoms with Gasteiger partial charge in [0.05, 0.1) is 6.54 Å². The maximum atomic E-state index is 12.5. The normalized spacial score (nSPS) is 11.2. The van der Waals surface area contributed by atoms with Crippen LogP contribution in [0.4, 0.5) is 19.0 Å². The number of hydrogen-bond donors (Lipinski definition) is 1. The summed E-state index contributed by atoms with van der Waals surface area (Å²) in [5, 5.41) is 2.81. The van der Waals surface area contributed by atoms with Crippen molar-refractivity contribution in [1.82, 2.24) is 4.98 Å². The molecule has 1 aromatic carbocycles. The molecule has 0 atom stereocenters. The summed E-state index contributed by atoms with van der Waals surface area (Å²) in [6.45, 7) is 2.65. The zero-order valence-corrected chi connectivity index (χ0v) is 11.4. The van der Waals surface area contributed by atoms with E-state index in [4.69, 9.17) is 4.74 Å². The molecular weight excluding hydrogens is 281 g/mol. The Labute approximate surface area is 120 Å². The average Bonchev–Trinajstić information content (AvgIpc) is 2.43. The molecule has 2 aromatic rings. The molecule has 2 rings (SSSR count). The topological polar surface area (TPSA) is 34.1 Å². The number of nitrogens with zero attached hydrogens (tertiary/aromatic N) is 1. The molecule has 0 unspecified atom stereocenters. The van der Waals surface area contributed by atoms with Crippen molar-refractivity contribution in [2.45, 2.75) is 13.1 Å². The number of ether oxygens (including phenoxy) is 1. The van der Waals surface area contributed by atoms with Crippen LogP contribution in [0.15, 0.2) is 42.5 Å². The van der Waals surface area contributed by atoms with Crippen LogP contribution in [0.3, 0.4) is 0 Å². The minimum absolute atomic E-state index is 0.178. The zero-order chi connectivity index (χ0) is 15.3. The maximum Gasteiger partial charge on any atom is 0.433 e. The molecule has 0 aliphatic carbocycles. The standard InChI is InChI=1S/C15H15F3N2O/c1-11-4-2-5-12(10-11)21-9-8-19-14-7-3-6-13(20-14)15(16,17)18/h2-7,10H,8-9H2,1H3,(H,19,20). The van der Waals surface area contributed by atoms with E-state index in [1.165, 1.54) is 12.1 Å². The van der Waals surface area contributed by atoms with Gasteiger partial charge in [-0.25, -0.2) is 4.98 Å². The summed E-state index contributed by atoms with van der Waals surface area (Å²) in [5.74, 6) is 0.909. The Morgan fingerprint density at radius 1 is 1.14 bits per heavy atom. The van der Waals surface area contributed by atoms with Crippen molar-refractivity contribution in [2.75, 3.05) is 18.5 Å². The SMILES string of the molecule is Cc1cccc(OCCNc2cccc(C(F)(F)F)n2)c1. The van der Waals surface area contributed by atoms with E-state index in [1.54, 1.807) is 0 Å². The molecule has 0 saturated carbocycles. The first kappa shape index (κ1) is 15.2. The van der Waals surface area contributed by atoms with Gasteiger partial charge >= 0.3 is 6.18 Å². The summed E-state index contributed by atoms with van der Waals surface area (Å²) in [5.41, 5.74) is 0.173. The number of anilines is 1. The van der Waals surface area contributed by atoms with Crippen LogP contribution in [0.2, 0.25) is 0 Å². The zero-order valence-electron chi connectivity index (χ0n) is 11.4. The lowest BCUT2D eigenvalue weighted by Crippen LogP contribution is -2.14. The Balaban J connectivity index is 1.84. The number of benzene rings is 1. The molecule has 0 radical (unpaired) electrons. The highest BCUT2D eigenvalue weighted by Crippen LogP contribution is 2.28. The van der Waals surface area contributed by atoms with Gasteiger partial charge in [-0.3, -0.25) is 0 Å². The van der Waals surface area contributed by atoms with Crippen LogP contribution in [-0.2, 0) is 6.18 Å². The molecule has 0 saturated heterocycles. The number of nitrogens with one attached hydrogen (secondary N) is 1. The van der Waals surface area contributed by atoms with E-state index in [0.29, 0.717) is 13.2 Å². The first-order chi connectivity index (χ1) is 9.95. The van der Waals surface area contributed by atoms with Gasteiger partial charge in [0, 0.05) is 0 Å². The van der Waals surface area contributed by atoms with Crippen molar-refractivity contribution in [2.24, 2.45) is 0 Å². The van der Waals surface area contributed by atoms with Gasteiger partial charge in [-0.05, 0) is 36.8 Å². The number of alkyl halides is 3. The van der Waals surface area contributed by atoms with E-state index < -0.39 is 11.9 Å². The predicted molar refractivity (Wildman–Crippen MR) is 74.4 cm³/mol. The molecule has 1 N–H and O–H groups in total. The Kier molecular flexibility index (Phi) is 4.67. The summed E-state index contributed by atoms with van der Waals surface area (Å²) < 4.78 is 43.0. The molecule has 21 heavy (non-hydrogen) atoms. The molecule has 1 heterocycles. The maximum absolute atomic E-state index is 12.5. The predicted octanol–water partition coefficient (Wildman–Crippen LogP) is 3.90. The minimum atomic E-state index is -4.43. The fourth-order valence-corrected chi connectivity index (χ4v) is 1.74. The van der Waals surface area contributed by atoms with Crippen LogP contribution in [-0.4, -0.2) is 18.1 Å². The Bertz CT molecular complexity index is 599. The van der Waals surface area contributed by atoms with Crippen molar-refractivity contribution < 1.29 is 17.9 Å². The molecule has 0 bridgehead atoms. The fraction of sp³-hybridized carbons (Fsp3) is 0.267. The summed E-state index contributed by atoms with van der Waals surface area (Å²) in [4.78, 5) is 3.51. The van der Waals surface area contributed by atoms with Crippen LogP contribution in [0.25, 0.3) is 0 Å². The van der Waals surface area contributed by atoms with Crippen molar-refractivity contribution in [3.63, 3.8) is 0 Å². The van der Waals surface area contributed by atoms with Crippen molar-refractivity contribution in [3.8, 4) is 5.75 Å². The molecule has 3 nitrogen and oxygen atoms in total. The van der Waals surface area contributed by atoms with Gasteiger partial charge in [-0.1, -0.05) is 18.2 Å². The molecular formula is C15H15F3N2O. The highest BCUT2D eigenvalue weighted by molar-refractivity contribution is 5.36. The van der Waals surface area contributed by atoms with Crippen LogP contribution < -0.4 is 10.1 Å². The summed E-state index contributed by atoms with van der Waals surface area (Å²) in [6.07, 6.45) is -4.43. The van der Waals surface area contributed by atoms with Crippen molar-refractivity contribution in [3.05, 3.63) is 53.7 Å². The third-order valence-electron chi connectivity index (χ3n) is 2.71. The lowest BCUT2D eigenvalue weighted by Gasteiger charge is -2.10. The van der Waals surface area contributed by atoms with Crippen molar-refractivity contribution in [1.29, 1.82) is 0 Å². The lowest BCUT2D eigenvalue weighted by molar-refractivity contribution is -0.141. The highest BCUT2D eigenvalue weighted by Gasteiger charge is 2.32. The fourth-order valence-electron chi connectivity index (χ4n) is 1.74. The quantitative estimate of drug-likeness (QED) is 0.850. The summed E-state index contributed by atoms with van der Waals surface area (Å²) >= 11 is 0. The van der Waals surface area contributed by atoms with Gasteiger partial charge in [0.2, 0.25) is 0 Å². The molecule has 0 aliphatic rings. The highest BCUT2D eigenvalue weighted by atomic mass is 19.4. The first-order valence-corrected chi connectivity index (χ1v) is 6.43. The van der Waals surface area contributed by atoms with Gasteiger partial charge < -0.3 is 10.1 Å². The molecule has 0 spiro atoms. The van der Waals surface area contributed by atoms with E-state index in [-0.39, 0.29) is 5.82 Å². The lowest BCUT2D eigenvalue weighted by atomic mass is 10.2. The second-order valence-corrected chi connectivity index (χ2v) is 4.50. The molecule has 0 aliphatic heterocycles. The number of hydrogen-bond acceptors (Lipinski definition) is 3.